The fourth-order valence-corrected chi connectivity index (χ4v) is 3.86. The number of hydrogen-bond donors (Lipinski definition) is 1. The Balaban J connectivity index is 1.48. The number of anilines is 3. The van der Waals surface area contributed by atoms with Crippen molar-refractivity contribution in [3.63, 3.8) is 0 Å². The maximum atomic E-state index is 13.0. The van der Waals surface area contributed by atoms with Crippen molar-refractivity contribution < 1.29 is 19.1 Å². The van der Waals surface area contributed by atoms with Gasteiger partial charge in [0.1, 0.15) is 5.75 Å². The molecule has 29 heavy (non-hydrogen) atoms. The molecule has 0 unspecified atom stereocenters. The molecule has 2 aliphatic heterocycles. The van der Waals surface area contributed by atoms with Gasteiger partial charge in [-0.3, -0.25) is 9.59 Å². The minimum Gasteiger partial charge on any atom is -0.495 e. The van der Waals surface area contributed by atoms with Gasteiger partial charge >= 0.3 is 0 Å². The smallest absolute Gasteiger partial charge is 0.229 e. The van der Waals surface area contributed by atoms with Crippen molar-refractivity contribution in [2.75, 3.05) is 55.1 Å². The number of methoxy groups -OCH3 is 1. The zero-order chi connectivity index (χ0) is 20.2. The second-order valence-electron chi connectivity index (χ2n) is 7.18. The monoisotopic (exact) mass is 395 g/mol. The van der Waals surface area contributed by atoms with E-state index in [0.29, 0.717) is 31.2 Å². The summed E-state index contributed by atoms with van der Waals surface area (Å²) in [6.45, 7) is 3.26. The fraction of sp³-hybridized carbons (Fsp3) is 0.364. The van der Waals surface area contributed by atoms with E-state index in [1.54, 1.807) is 12.0 Å². The Hall–Kier alpha value is -3.06. The Kier molecular flexibility index (Phi) is 5.67. The van der Waals surface area contributed by atoms with E-state index in [-0.39, 0.29) is 18.2 Å². The van der Waals surface area contributed by atoms with Crippen LogP contribution in [-0.2, 0) is 14.3 Å². The Morgan fingerprint density at radius 1 is 1.07 bits per heavy atom. The van der Waals surface area contributed by atoms with Crippen molar-refractivity contribution in [1.29, 1.82) is 0 Å². The molecule has 2 heterocycles. The van der Waals surface area contributed by atoms with Crippen LogP contribution in [0, 0.1) is 5.92 Å². The van der Waals surface area contributed by atoms with Crippen molar-refractivity contribution in [3.05, 3.63) is 48.5 Å². The lowest BCUT2D eigenvalue weighted by molar-refractivity contribution is -0.122. The number of carbonyl (C=O) groups is 2. The minimum atomic E-state index is -0.412. The number of nitrogens with zero attached hydrogens (tertiary/aromatic N) is 2. The quantitative estimate of drug-likeness (QED) is 0.842. The van der Waals surface area contributed by atoms with Crippen molar-refractivity contribution >= 4 is 28.9 Å². The highest BCUT2D eigenvalue weighted by atomic mass is 16.5. The van der Waals surface area contributed by atoms with Gasteiger partial charge in [-0.25, -0.2) is 0 Å². The molecule has 0 aliphatic carbocycles. The number of nitrogens with one attached hydrogen (secondary N) is 1. The lowest BCUT2D eigenvalue weighted by atomic mass is 10.1. The van der Waals surface area contributed by atoms with E-state index in [1.165, 1.54) is 0 Å². The second kappa shape index (κ2) is 8.53. The van der Waals surface area contributed by atoms with Gasteiger partial charge in [-0.05, 0) is 24.3 Å². The third-order valence-electron chi connectivity index (χ3n) is 5.39. The van der Waals surface area contributed by atoms with Crippen LogP contribution in [0.1, 0.15) is 6.42 Å². The molecular weight excluding hydrogens is 370 g/mol. The molecule has 2 aromatic rings. The SMILES string of the molecule is COc1ccccc1N1C[C@@H](C(=O)Nc2ccccc2N2CCOCC2)CC1=O. The van der Waals surface area contributed by atoms with Crippen LogP contribution >= 0.6 is 0 Å². The molecule has 7 nitrogen and oxygen atoms in total. The van der Waals surface area contributed by atoms with E-state index in [0.717, 1.165) is 24.5 Å². The minimum absolute atomic E-state index is 0.0730. The predicted octanol–water partition coefficient (Wildman–Crippen LogP) is 2.52. The van der Waals surface area contributed by atoms with Gasteiger partial charge in [-0.2, -0.15) is 0 Å². The van der Waals surface area contributed by atoms with Crippen LogP contribution in [0.15, 0.2) is 48.5 Å². The van der Waals surface area contributed by atoms with Gasteiger partial charge in [0.25, 0.3) is 0 Å². The normalized spacial score (nSPS) is 19.3. The fourth-order valence-electron chi connectivity index (χ4n) is 3.86. The summed E-state index contributed by atoms with van der Waals surface area (Å²) in [5, 5.41) is 3.04. The number of benzene rings is 2. The van der Waals surface area contributed by atoms with Gasteiger partial charge in [-0.15, -0.1) is 0 Å². The number of hydrogen-bond acceptors (Lipinski definition) is 5. The zero-order valence-electron chi connectivity index (χ0n) is 16.5. The molecule has 7 heteroatoms. The van der Waals surface area contributed by atoms with Crippen molar-refractivity contribution in [2.45, 2.75) is 6.42 Å². The van der Waals surface area contributed by atoms with Crippen LogP contribution in [0.3, 0.4) is 0 Å². The molecule has 0 spiro atoms. The van der Waals surface area contributed by atoms with Gasteiger partial charge in [0.2, 0.25) is 11.8 Å². The molecule has 2 aromatic carbocycles. The maximum Gasteiger partial charge on any atom is 0.229 e. The van der Waals surface area contributed by atoms with E-state index < -0.39 is 5.92 Å². The van der Waals surface area contributed by atoms with Gasteiger partial charge in [0.15, 0.2) is 0 Å². The van der Waals surface area contributed by atoms with Crippen LogP contribution in [0.4, 0.5) is 17.1 Å². The van der Waals surface area contributed by atoms with Crippen molar-refractivity contribution in [2.24, 2.45) is 5.92 Å². The van der Waals surface area contributed by atoms with Crippen molar-refractivity contribution in [3.8, 4) is 5.75 Å². The molecule has 2 saturated heterocycles. The van der Waals surface area contributed by atoms with Crippen LogP contribution in [0.2, 0.25) is 0 Å². The van der Waals surface area contributed by atoms with E-state index in [2.05, 4.69) is 10.2 Å². The zero-order valence-corrected chi connectivity index (χ0v) is 16.5. The molecule has 2 fully saturated rings. The average molecular weight is 395 g/mol. The largest absolute Gasteiger partial charge is 0.495 e. The summed E-state index contributed by atoms with van der Waals surface area (Å²) in [7, 11) is 1.58. The van der Waals surface area contributed by atoms with E-state index in [1.807, 2.05) is 48.5 Å². The number of carbonyl (C=O) groups excluding carboxylic acids is 2. The predicted molar refractivity (Wildman–Crippen MR) is 112 cm³/mol. The lowest BCUT2D eigenvalue weighted by Gasteiger charge is -2.30. The van der Waals surface area contributed by atoms with Gasteiger partial charge < -0.3 is 24.6 Å². The van der Waals surface area contributed by atoms with Crippen LogP contribution < -0.4 is 19.9 Å². The highest BCUT2D eigenvalue weighted by Gasteiger charge is 2.36. The molecule has 2 aliphatic rings. The summed E-state index contributed by atoms with van der Waals surface area (Å²) in [4.78, 5) is 29.4. The third-order valence-corrected chi connectivity index (χ3v) is 5.39. The van der Waals surface area contributed by atoms with E-state index in [9.17, 15) is 9.59 Å². The first-order valence-electron chi connectivity index (χ1n) is 9.83. The molecule has 4 rings (SSSR count). The Bertz CT molecular complexity index is 895. The molecule has 152 valence electrons. The summed E-state index contributed by atoms with van der Waals surface area (Å²) < 4.78 is 10.8. The number of morpholine rings is 1. The molecule has 1 N–H and O–H groups in total. The standard InChI is InChI=1S/C22H25N3O4/c1-28-20-9-5-4-8-19(20)25-15-16(14-21(25)26)22(27)23-17-6-2-3-7-18(17)24-10-12-29-13-11-24/h2-9,16H,10-15H2,1H3,(H,23,27)/t16-/m0/s1. The summed E-state index contributed by atoms with van der Waals surface area (Å²) in [6.07, 6.45) is 0.184. The molecule has 2 amide bonds. The Morgan fingerprint density at radius 2 is 1.76 bits per heavy atom. The van der Waals surface area contributed by atoms with Crippen LogP contribution in [-0.4, -0.2) is 51.8 Å². The first-order valence-corrected chi connectivity index (χ1v) is 9.83. The summed E-state index contributed by atoms with van der Waals surface area (Å²) >= 11 is 0. The highest BCUT2D eigenvalue weighted by molar-refractivity contribution is 6.05. The molecular formula is C22H25N3O4. The Labute approximate surface area is 170 Å². The Morgan fingerprint density at radius 3 is 2.52 bits per heavy atom. The topological polar surface area (TPSA) is 71.1 Å². The van der Waals surface area contributed by atoms with Crippen LogP contribution in [0.25, 0.3) is 0 Å². The highest BCUT2D eigenvalue weighted by Crippen LogP contribution is 2.34. The summed E-state index contributed by atoms with van der Waals surface area (Å²) in [6, 6.07) is 15.1. The van der Waals surface area contributed by atoms with E-state index >= 15 is 0 Å². The average Bonchev–Trinajstić information content (AvgIpc) is 3.16. The van der Waals surface area contributed by atoms with E-state index in [4.69, 9.17) is 9.47 Å². The number of amides is 2. The second-order valence-corrected chi connectivity index (χ2v) is 7.18. The van der Waals surface area contributed by atoms with Gasteiger partial charge in [-0.1, -0.05) is 24.3 Å². The molecule has 0 radical (unpaired) electrons. The van der Waals surface area contributed by atoms with Gasteiger partial charge in [0.05, 0.1) is 43.3 Å². The first kappa shape index (κ1) is 19.3. The number of para-hydroxylation sites is 4. The van der Waals surface area contributed by atoms with Crippen LogP contribution in [0.5, 0.6) is 5.75 Å². The molecule has 0 saturated carbocycles. The maximum absolute atomic E-state index is 13.0. The number of rotatable bonds is 5. The lowest BCUT2D eigenvalue weighted by Crippen LogP contribution is -2.37. The molecule has 0 bridgehead atoms. The summed E-state index contributed by atoms with van der Waals surface area (Å²) in [5.41, 5.74) is 2.45. The number of ether oxygens (including phenoxy) is 2. The van der Waals surface area contributed by atoms with Crippen molar-refractivity contribution in [1.82, 2.24) is 0 Å². The first-order chi connectivity index (χ1) is 14.2. The molecule has 1 atom stereocenters. The van der Waals surface area contributed by atoms with Gasteiger partial charge in [0, 0.05) is 26.1 Å². The third kappa shape index (κ3) is 4.05. The molecule has 0 aromatic heterocycles. The summed E-state index contributed by atoms with van der Waals surface area (Å²) in [5.74, 6) is -0.00250.